The summed E-state index contributed by atoms with van der Waals surface area (Å²) in [6.07, 6.45) is 1.54. The van der Waals surface area contributed by atoms with Crippen molar-refractivity contribution in [2.75, 3.05) is 17.2 Å². The second-order valence-electron chi connectivity index (χ2n) is 5.30. The second-order valence-corrected chi connectivity index (χ2v) is 6.12. The van der Waals surface area contributed by atoms with Crippen LogP contribution in [0, 0.1) is 0 Å². The van der Waals surface area contributed by atoms with Crippen LogP contribution in [-0.4, -0.2) is 17.5 Å². The highest BCUT2D eigenvalue weighted by molar-refractivity contribution is 6.39. The number of para-hydroxylation sites is 2. The van der Waals surface area contributed by atoms with Gasteiger partial charge < -0.3 is 15.4 Å². The molecule has 0 aliphatic carbocycles. The number of benzene rings is 2. The Bertz CT molecular complexity index is 867. The van der Waals surface area contributed by atoms with Gasteiger partial charge in [-0.15, -0.1) is 0 Å². The second kappa shape index (κ2) is 8.56. The third kappa shape index (κ3) is 4.88. The number of nitrogens with one attached hydrogen (secondary N) is 2. The molecule has 0 fully saturated rings. The Balaban J connectivity index is 1.56. The van der Waals surface area contributed by atoms with E-state index in [0.717, 1.165) is 0 Å². The minimum absolute atomic E-state index is 0.0841. The number of hydrogen-bond acceptors (Lipinski definition) is 4. The molecule has 7 heteroatoms. The maximum absolute atomic E-state index is 11.9. The van der Waals surface area contributed by atoms with Gasteiger partial charge >= 0.3 is 0 Å². The van der Waals surface area contributed by atoms with Gasteiger partial charge in [-0.25, -0.2) is 4.98 Å². The number of aromatic nitrogens is 1. The molecule has 0 spiro atoms. The van der Waals surface area contributed by atoms with E-state index in [4.69, 9.17) is 27.9 Å². The molecule has 0 radical (unpaired) electrons. The van der Waals surface area contributed by atoms with Gasteiger partial charge in [0.1, 0.15) is 11.6 Å². The molecule has 3 rings (SSSR count). The van der Waals surface area contributed by atoms with E-state index >= 15 is 0 Å². The van der Waals surface area contributed by atoms with Gasteiger partial charge in [-0.05, 0) is 36.4 Å². The van der Waals surface area contributed by atoms with Crippen molar-refractivity contribution in [3.63, 3.8) is 0 Å². The Hall–Kier alpha value is -2.76. The van der Waals surface area contributed by atoms with Crippen molar-refractivity contribution in [2.24, 2.45) is 0 Å². The Morgan fingerprint density at radius 3 is 2.35 bits per heavy atom. The van der Waals surface area contributed by atoms with E-state index in [2.05, 4.69) is 15.6 Å². The number of anilines is 3. The predicted octanol–water partition coefficient (Wildman–Crippen LogP) is 5.15. The number of ether oxygens (including phenoxy) is 1. The van der Waals surface area contributed by atoms with Crippen LogP contribution >= 0.6 is 23.2 Å². The highest BCUT2D eigenvalue weighted by Gasteiger charge is 2.07. The topological polar surface area (TPSA) is 63.2 Å². The molecule has 132 valence electrons. The molecule has 2 aromatic carbocycles. The minimum atomic E-state index is -0.273. The molecule has 1 amide bonds. The fraction of sp³-hybridized carbons (Fsp3) is 0.0526. The predicted molar refractivity (Wildman–Crippen MR) is 105 cm³/mol. The van der Waals surface area contributed by atoms with Crippen LogP contribution in [0.3, 0.4) is 0 Å². The normalized spacial score (nSPS) is 10.2. The first-order valence-electron chi connectivity index (χ1n) is 7.76. The molecular weight excluding hydrogens is 373 g/mol. The van der Waals surface area contributed by atoms with Crippen LogP contribution in [0.2, 0.25) is 10.0 Å². The lowest BCUT2D eigenvalue weighted by molar-refractivity contribution is -0.118. The van der Waals surface area contributed by atoms with Crippen LogP contribution in [0.15, 0.2) is 66.9 Å². The van der Waals surface area contributed by atoms with E-state index < -0.39 is 0 Å². The number of pyridine rings is 1. The first-order chi connectivity index (χ1) is 12.6. The number of rotatable bonds is 6. The fourth-order valence-corrected chi connectivity index (χ4v) is 2.64. The van der Waals surface area contributed by atoms with Gasteiger partial charge in [-0.3, -0.25) is 4.79 Å². The molecule has 5 nitrogen and oxygen atoms in total. The van der Waals surface area contributed by atoms with Crippen LogP contribution in [-0.2, 0) is 4.79 Å². The number of halogens is 2. The van der Waals surface area contributed by atoms with Crippen LogP contribution in [0.1, 0.15) is 0 Å². The van der Waals surface area contributed by atoms with E-state index in [0.29, 0.717) is 33.0 Å². The first kappa shape index (κ1) is 18.0. The number of hydrogen-bond donors (Lipinski definition) is 2. The van der Waals surface area contributed by atoms with Crippen molar-refractivity contribution < 1.29 is 9.53 Å². The van der Waals surface area contributed by atoms with Gasteiger partial charge in [-0.2, -0.15) is 0 Å². The van der Waals surface area contributed by atoms with Crippen molar-refractivity contribution in [1.29, 1.82) is 0 Å². The van der Waals surface area contributed by atoms with E-state index in [1.807, 2.05) is 18.2 Å². The average Bonchev–Trinajstić information content (AvgIpc) is 2.65. The monoisotopic (exact) mass is 387 g/mol. The van der Waals surface area contributed by atoms with Crippen molar-refractivity contribution in [3.05, 3.63) is 76.9 Å². The summed E-state index contributed by atoms with van der Waals surface area (Å²) < 4.78 is 5.39. The van der Waals surface area contributed by atoms with Crippen molar-refractivity contribution in [2.45, 2.75) is 0 Å². The summed E-state index contributed by atoms with van der Waals surface area (Å²) in [7, 11) is 0. The van der Waals surface area contributed by atoms with Gasteiger partial charge in [0.15, 0.2) is 6.61 Å². The molecular formula is C19H15Cl2N3O2. The summed E-state index contributed by atoms with van der Waals surface area (Å²) in [4.78, 5) is 16.2. The van der Waals surface area contributed by atoms with Gasteiger partial charge in [0.2, 0.25) is 0 Å². The van der Waals surface area contributed by atoms with Crippen LogP contribution < -0.4 is 15.4 Å². The number of amides is 1. The molecule has 0 bridgehead atoms. The summed E-state index contributed by atoms with van der Waals surface area (Å²) in [5.41, 5.74) is 1.14. The molecule has 2 N–H and O–H groups in total. The van der Waals surface area contributed by atoms with E-state index in [1.165, 1.54) is 6.20 Å². The van der Waals surface area contributed by atoms with Gasteiger partial charge in [0, 0.05) is 0 Å². The zero-order chi connectivity index (χ0) is 18.4. The minimum Gasteiger partial charge on any atom is -0.484 e. The molecule has 1 aromatic heterocycles. The molecule has 0 saturated heterocycles. The molecule has 26 heavy (non-hydrogen) atoms. The highest BCUT2D eigenvalue weighted by atomic mass is 35.5. The molecule has 0 aliphatic heterocycles. The third-order valence-electron chi connectivity index (χ3n) is 3.38. The van der Waals surface area contributed by atoms with Crippen molar-refractivity contribution in [1.82, 2.24) is 4.98 Å². The van der Waals surface area contributed by atoms with Crippen LogP contribution in [0.4, 0.5) is 17.2 Å². The molecule has 0 saturated carbocycles. The highest BCUT2D eigenvalue weighted by Crippen LogP contribution is 2.32. The molecule has 0 atom stereocenters. The summed E-state index contributed by atoms with van der Waals surface area (Å²) in [5, 5.41) is 6.77. The zero-order valence-electron chi connectivity index (χ0n) is 13.6. The lowest BCUT2D eigenvalue weighted by Gasteiger charge is -2.11. The standard InChI is InChI=1S/C19H15Cl2N3O2/c20-15-7-4-8-16(21)19(15)24-17-10-9-13(11-22-17)23-18(25)12-26-14-5-2-1-3-6-14/h1-11H,12H2,(H,22,24)(H,23,25). The summed E-state index contributed by atoms with van der Waals surface area (Å²) >= 11 is 12.2. The first-order valence-corrected chi connectivity index (χ1v) is 8.52. The lowest BCUT2D eigenvalue weighted by Crippen LogP contribution is -2.20. The molecule has 3 aromatic rings. The van der Waals surface area contributed by atoms with Gasteiger partial charge in [0.05, 0.1) is 27.6 Å². The summed E-state index contributed by atoms with van der Waals surface area (Å²) in [6.45, 7) is -0.0841. The smallest absolute Gasteiger partial charge is 0.262 e. The molecule has 0 unspecified atom stereocenters. The van der Waals surface area contributed by atoms with E-state index in [1.54, 1.807) is 42.5 Å². The quantitative estimate of drug-likeness (QED) is 0.613. The number of nitrogens with zero attached hydrogens (tertiary/aromatic N) is 1. The third-order valence-corrected chi connectivity index (χ3v) is 4.01. The van der Waals surface area contributed by atoms with Gasteiger partial charge in [-0.1, -0.05) is 47.5 Å². The maximum atomic E-state index is 11.9. The van der Waals surface area contributed by atoms with Crippen molar-refractivity contribution >= 4 is 46.3 Å². The Morgan fingerprint density at radius 2 is 1.69 bits per heavy atom. The molecule has 1 heterocycles. The molecule has 0 aliphatic rings. The Kier molecular flexibility index (Phi) is 5.94. The Labute approximate surface area is 160 Å². The van der Waals surface area contributed by atoms with Crippen molar-refractivity contribution in [3.8, 4) is 5.75 Å². The van der Waals surface area contributed by atoms with Gasteiger partial charge in [0.25, 0.3) is 5.91 Å². The largest absolute Gasteiger partial charge is 0.484 e. The van der Waals surface area contributed by atoms with E-state index in [9.17, 15) is 4.79 Å². The summed E-state index contributed by atoms with van der Waals surface area (Å²) in [5.74, 6) is 0.918. The SMILES string of the molecule is O=C(COc1ccccc1)Nc1ccc(Nc2c(Cl)cccc2Cl)nc1. The number of carbonyl (C=O) groups is 1. The van der Waals surface area contributed by atoms with Crippen LogP contribution in [0.5, 0.6) is 5.75 Å². The average molecular weight is 388 g/mol. The van der Waals surface area contributed by atoms with Crippen LogP contribution in [0.25, 0.3) is 0 Å². The lowest BCUT2D eigenvalue weighted by atomic mass is 10.3. The number of carbonyl (C=O) groups excluding carboxylic acids is 1. The van der Waals surface area contributed by atoms with E-state index in [-0.39, 0.29) is 12.5 Å². The fourth-order valence-electron chi connectivity index (χ4n) is 2.15. The zero-order valence-corrected chi connectivity index (χ0v) is 15.1. The summed E-state index contributed by atoms with van der Waals surface area (Å²) in [6, 6.07) is 17.8. The maximum Gasteiger partial charge on any atom is 0.262 e. The Morgan fingerprint density at radius 1 is 0.962 bits per heavy atom.